The van der Waals surface area contributed by atoms with Crippen molar-refractivity contribution in [2.45, 2.75) is 32.9 Å². The van der Waals surface area contributed by atoms with Crippen LogP contribution in [0.1, 0.15) is 26.7 Å². The molecule has 0 saturated carbocycles. The van der Waals surface area contributed by atoms with Gasteiger partial charge >= 0.3 is 12.1 Å². The number of rotatable bonds is 6. The highest BCUT2D eigenvalue weighted by Gasteiger charge is 2.39. The van der Waals surface area contributed by atoms with Gasteiger partial charge < -0.3 is 14.7 Å². The molecule has 1 heterocycles. The van der Waals surface area contributed by atoms with E-state index in [0.29, 0.717) is 13.1 Å². The quantitative estimate of drug-likeness (QED) is 0.765. The van der Waals surface area contributed by atoms with Crippen molar-refractivity contribution < 1.29 is 27.8 Å². The van der Waals surface area contributed by atoms with E-state index in [1.54, 1.807) is 13.8 Å². The van der Waals surface area contributed by atoms with Gasteiger partial charge in [0.15, 0.2) is 0 Å². The number of halogens is 3. The van der Waals surface area contributed by atoms with Crippen molar-refractivity contribution >= 4 is 5.97 Å². The molecule has 0 bridgehead atoms. The molecule has 1 fully saturated rings. The lowest BCUT2D eigenvalue weighted by atomic mass is 9.74. The Morgan fingerprint density at radius 2 is 2.05 bits per heavy atom. The molecule has 1 rings (SSSR count). The fourth-order valence-corrected chi connectivity index (χ4v) is 2.40. The highest BCUT2D eigenvalue weighted by Crippen LogP contribution is 2.34. The van der Waals surface area contributed by atoms with Crippen LogP contribution in [0.3, 0.4) is 0 Å². The number of hydrogen-bond acceptors (Lipinski definition) is 3. The smallest absolute Gasteiger partial charge is 0.411 e. The van der Waals surface area contributed by atoms with E-state index < -0.39 is 24.2 Å². The highest BCUT2D eigenvalue weighted by molar-refractivity contribution is 5.74. The maximum absolute atomic E-state index is 11.9. The van der Waals surface area contributed by atoms with Gasteiger partial charge in [0, 0.05) is 13.1 Å². The molecule has 7 heteroatoms. The molecule has 0 aromatic heterocycles. The summed E-state index contributed by atoms with van der Waals surface area (Å²) in [5.74, 6) is -0.825. The highest BCUT2D eigenvalue weighted by atomic mass is 19.4. The van der Waals surface area contributed by atoms with Crippen molar-refractivity contribution in [2.24, 2.45) is 11.3 Å². The zero-order valence-corrected chi connectivity index (χ0v) is 11.9. The SMILES string of the molecule is CC(C)(C(=O)O)C1CCCN(CCOCC(F)(F)F)C1. The van der Waals surface area contributed by atoms with E-state index in [2.05, 4.69) is 4.74 Å². The summed E-state index contributed by atoms with van der Waals surface area (Å²) >= 11 is 0. The lowest BCUT2D eigenvalue weighted by Crippen LogP contribution is -2.45. The molecule has 118 valence electrons. The van der Waals surface area contributed by atoms with Gasteiger partial charge in [0.05, 0.1) is 12.0 Å². The van der Waals surface area contributed by atoms with Crippen LogP contribution in [0.2, 0.25) is 0 Å². The van der Waals surface area contributed by atoms with Gasteiger partial charge in [0.2, 0.25) is 0 Å². The molecule has 1 aliphatic heterocycles. The zero-order chi connectivity index (χ0) is 15.4. The summed E-state index contributed by atoms with van der Waals surface area (Å²) in [5.41, 5.74) is -0.814. The number of aliphatic carboxylic acids is 1. The van der Waals surface area contributed by atoms with E-state index in [4.69, 9.17) is 0 Å². The molecule has 0 spiro atoms. The second-order valence-electron chi connectivity index (χ2n) is 5.83. The molecule has 0 radical (unpaired) electrons. The molecule has 4 nitrogen and oxygen atoms in total. The van der Waals surface area contributed by atoms with Crippen LogP contribution in [-0.4, -0.2) is 55.0 Å². The molecular weight excluding hydrogens is 275 g/mol. The Bertz CT molecular complexity index is 331. The molecule has 1 unspecified atom stereocenters. The maximum atomic E-state index is 11.9. The summed E-state index contributed by atoms with van der Waals surface area (Å²) < 4.78 is 40.4. The molecular formula is C13H22F3NO3. The molecule has 1 atom stereocenters. The van der Waals surface area contributed by atoms with Crippen molar-refractivity contribution in [3.63, 3.8) is 0 Å². The van der Waals surface area contributed by atoms with Crippen LogP contribution in [-0.2, 0) is 9.53 Å². The minimum atomic E-state index is -4.30. The minimum Gasteiger partial charge on any atom is -0.481 e. The Kier molecular flexibility index (Phi) is 5.82. The van der Waals surface area contributed by atoms with Crippen molar-refractivity contribution in [3.8, 4) is 0 Å². The van der Waals surface area contributed by atoms with Crippen LogP contribution in [0.5, 0.6) is 0 Å². The Morgan fingerprint density at radius 3 is 2.60 bits per heavy atom. The van der Waals surface area contributed by atoms with E-state index in [1.807, 2.05) is 4.90 Å². The normalized spacial score (nSPS) is 21.9. The Balaban J connectivity index is 2.36. The number of carbonyl (C=O) groups is 1. The van der Waals surface area contributed by atoms with Crippen LogP contribution < -0.4 is 0 Å². The molecule has 1 aliphatic rings. The Morgan fingerprint density at radius 1 is 1.40 bits per heavy atom. The van der Waals surface area contributed by atoms with Gasteiger partial charge in [0.1, 0.15) is 6.61 Å². The average molecular weight is 297 g/mol. The Labute approximate surface area is 116 Å². The number of carboxylic acids is 1. The molecule has 0 aliphatic carbocycles. The van der Waals surface area contributed by atoms with Crippen LogP contribution in [0, 0.1) is 11.3 Å². The molecule has 1 N–H and O–H groups in total. The van der Waals surface area contributed by atoms with Gasteiger partial charge in [-0.05, 0) is 39.2 Å². The summed E-state index contributed by atoms with van der Waals surface area (Å²) in [4.78, 5) is 13.2. The summed E-state index contributed by atoms with van der Waals surface area (Å²) in [5, 5.41) is 9.22. The van der Waals surface area contributed by atoms with E-state index in [1.165, 1.54) is 0 Å². The third-order valence-corrected chi connectivity index (χ3v) is 3.89. The molecule has 1 saturated heterocycles. The summed E-state index contributed by atoms with van der Waals surface area (Å²) in [6, 6.07) is 0. The number of likely N-dealkylation sites (tertiary alicyclic amines) is 1. The van der Waals surface area contributed by atoms with Gasteiger partial charge in [0.25, 0.3) is 0 Å². The number of nitrogens with zero attached hydrogens (tertiary/aromatic N) is 1. The number of hydrogen-bond donors (Lipinski definition) is 1. The lowest BCUT2D eigenvalue weighted by Gasteiger charge is -2.39. The van der Waals surface area contributed by atoms with E-state index in [-0.39, 0.29) is 12.5 Å². The monoisotopic (exact) mass is 297 g/mol. The summed E-state index contributed by atoms with van der Waals surface area (Å²) in [6.45, 7) is 3.95. The predicted molar refractivity (Wildman–Crippen MR) is 67.5 cm³/mol. The molecule has 0 amide bonds. The van der Waals surface area contributed by atoms with Crippen LogP contribution in [0.25, 0.3) is 0 Å². The lowest BCUT2D eigenvalue weighted by molar-refractivity contribution is -0.175. The second kappa shape index (κ2) is 6.76. The van der Waals surface area contributed by atoms with Crippen LogP contribution >= 0.6 is 0 Å². The van der Waals surface area contributed by atoms with Gasteiger partial charge in [-0.3, -0.25) is 4.79 Å². The standard InChI is InChI=1S/C13H22F3NO3/c1-12(2,11(18)19)10-4-3-5-17(8-10)6-7-20-9-13(14,15)16/h10H,3-9H2,1-2H3,(H,18,19). The van der Waals surface area contributed by atoms with Crippen molar-refractivity contribution in [1.82, 2.24) is 4.90 Å². The van der Waals surface area contributed by atoms with Gasteiger partial charge in [-0.15, -0.1) is 0 Å². The summed E-state index contributed by atoms with van der Waals surface area (Å²) in [6.07, 6.45) is -2.60. The van der Waals surface area contributed by atoms with E-state index in [0.717, 1.165) is 19.4 Å². The van der Waals surface area contributed by atoms with Crippen LogP contribution in [0.4, 0.5) is 13.2 Å². The van der Waals surface area contributed by atoms with Gasteiger partial charge in [-0.2, -0.15) is 13.2 Å². The number of carboxylic acid groups (broad SMARTS) is 1. The van der Waals surface area contributed by atoms with E-state index in [9.17, 15) is 23.1 Å². The minimum absolute atomic E-state index is 0.0105. The first-order valence-electron chi connectivity index (χ1n) is 6.73. The average Bonchev–Trinajstić information content (AvgIpc) is 2.34. The first-order valence-corrected chi connectivity index (χ1v) is 6.73. The largest absolute Gasteiger partial charge is 0.481 e. The number of piperidine rings is 1. The first-order chi connectivity index (χ1) is 9.13. The second-order valence-corrected chi connectivity index (χ2v) is 5.83. The fraction of sp³-hybridized carbons (Fsp3) is 0.923. The van der Waals surface area contributed by atoms with E-state index >= 15 is 0 Å². The van der Waals surface area contributed by atoms with Crippen LogP contribution in [0.15, 0.2) is 0 Å². The topological polar surface area (TPSA) is 49.8 Å². The number of ether oxygens (including phenoxy) is 1. The third kappa shape index (κ3) is 5.28. The fourth-order valence-electron chi connectivity index (χ4n) is 2.40. The third-order valence-electron chi connectivity index (χ3n) is 3.89. The molecule has 0 aromatic rings. The predicted octanol–water partition coefficient (Wildman–Crippen LogP) is 2.39. The molecule has 20 heavy (non-hydrogen) atoms. The van der Waals surface area contributed by atoms with Gasteiger partial charge in [-0.25, -0.2) is 0 Å². The first kappa shape index (κ1) is 17.2. The van der Waals surface area contributed by atoms with Crippen molar-refractivity contribution in [2.75, 3.05) is 32.8 Å². The molecule has 0 aromatic carbocycles. The number of alkyl halides is 3. The van der Waals surface area contributed by atoms with Crippen molar-refractivity contribution in [3.05, 3.63) is 0 Å². The van der Waals surface area contributed by atoms with Gasteiger partial charge in [-0.1, -0.05) is 0 Å². The Hall–Kier alpha value is -0.820. The summed E-state index contributed by atoms with van der Waals surface area (Å²) in [7, 11) is 0. The zero-order valence-electron chi connectivity index (χ0n) is 11.9. The van der Waals surface area contributed by atoms with Crippen molar-refractivity contribution in [1.29, 1.82) is 0 Å². The maximum Gasteiger partial charge on any atom is 0.411 e.